The van der Waals surface area contributed by atoms with Gasteiger partial charge in [0.1, 0.15) is 5.78 Å². The van der Waals surface area contributed by atoms with Crippen LogP contribution in [0.2, 0.25) is 0 Å². The topological polar surface area (TPSA) is 37.3 Å². The van der Waals surface area contributed by atoms with E-state index in [4.69, 9.17) is 0 Å². The third-order valence-corrected chi connectivity index (χ3v) is 2.22. The van der Waals surface area contributed by atoms with Crippen molar-refractivity contribution >= 4 is 5.78 Å². The minimum atomic E-state index is -0.661. The minimum absolute atomic E-state index is 0.00615. The summed E-state index contributed by atoms with van der Waals surface area (Å²) in [6.45, 7) is 3.69. The lowest BCUT2D eigenvalue weighted by Gasteiger charge is -2.11. The standard InChI is InChI=1S/C12H16O2/c1-9(2)11(13)8-12(14)10-6-4-3-5-7-10/h3-7,9,12,14H,8H2,1-2H3/t12-/m0/s1. The Labute approximate surface area is 84.6 Å². The van der Waals surface area contributed by atoms with Crippen molar-refractivity contribution in [2.75, 3.05) is 0 Å². The maximum absolute atomic E-state index is 11.4. The van der Waals surface area contributed by atoms with Gasteiger partial charge in [-0.1, -0.05) is 44.2 Å². The first-order chi connectivity index (χ1) is 6.61. The van der Waals surface area contributed by atoms with Crippen LogP contribution in [0, 0.1) is 5.92 Å². The summed E-state index contributed by atoms with van der Waals surface area (Å²) >= 11 is 0. The van der Waals surface area contributed by atoms with Crippen LogP contribution in [0.3, 0.4) is 0 Å². The van der Waals surface area contributed by atoms with E-state index in [1.54, 1.807) is 0 Å². The number of aliphatic hydroxyl groups excluding tert-OH is 1. The Balaban J connectivity index is 2.59. The number of rotatable bonds is 4. The molecule has 0 fully saturated rings. The molecule has 1 atom stereocenters. The Morgan fingerprint density at radius 3 is 2.36 bits per heavy atom. The number of ketones is 1. The Morgan fingerprint density at radius 2 is 1.86 bits per heavy atom. The highest BCUT2D eigenvalue weighted by molar-refractivity contribution is 5.80. The number of benzene rings is 1. The van der Waals surface area contributed by atoms with Crippen LogP contribution < -0.4 is 0 Å². The van der Waals surface area contributed by atoms with Gasteiger partial charge in [0.2, 0.25) is 0 Å². The third kappa shape index (κ3) is 2.96. The van der Waals surface area contributed by atoms with Gasteiger partial charge in [0.05, 0.1) is 6.10 Å². The van der Waals surface area contributed by atoms with Gasteiger partial charge in [-0.25, -0.2) is 0 Å². The molecule has 0 bridgehead atoms. The quantitative estimate of drug-likeness (QED) is 0.795. The Bertz CT molecular complexity index is 290. The van der Waals surface area contributed by atoms with E-state index in [2.05, 4.69) is 0 Å². The van der Waals surface area contributed by atoms with Crippen molar-refractivity contribution in [1.82, 2.24) is 0 Å². The van der Waals surface area contributed by atoms with Gasteiger partial charge in [-0.05, 0) is 5.56 Å². The molecule has 14 heavy (non-hydrogen) atoms. The summed E-state index contributed by atoms with van der Waals surface area (Å²) in [4.78, 5) is 11.4. The Hall–Kier alpha value is -1.15. The molecular formula is C12H16O2. The largest absolute Gasteiger partial charge is 0.388 e. The van der Waals surface area contributed by atoms with Crippen molar-refractivity contribution in [2.45, 2.75) is 26.4 Å². The normalized spacial score (nSPS) is 12.9. The summed E-state index contributed by atoms with van der Waals surface area (Å²) in [5.41, 5.74) is 0.807. The van der Waals surface area contributed by atoms with E-state index in [1.165, 1.54) is 0 Å². The molecule has 0 saturated carbocycles. The van der Waals surface area contributed by atoms with E-state index in [-0.39, 0.29) is 18.1 Å². The number of carbonyl (C=O) groups is 1. The molecule has 0 unspecified atom stereocenters. The van der Waals surface area contributed by atoms with Crippen molar-refractivity contribution < 1.29 is 9.90 Å². The van der Waals surface area contributed by atoms with Crippen molar-refractivity contribution in [1.29, 1.82) is 0 Å². The van der Waals surface area contributed by atoms with Crippen LogP contribution in [-0.2, 0) is 4.79 Å². The highest BCUT2D eigenvalue weighted by Crippen LogP contribution is 2.17. The molecule has 2 heteroatoms. The molecule has 76 valence electrons. The van der Waals surface area contributed by atoms with Crippen LogP contribution in [0.5, 0.6) is 0 Å². The number of Topliss-reactive ketones (excluding diaryl/α,β-unsaturated/α-hetero) is 1. The lowest BCUT2D eigenvalue weighted by Crippen LogP contribution is -2.11. The van der Waals surface area contributed by atoms with E-state index in [0.717, 1.165) is 5.56 Å². The van der Waals surface area contributed by atoms with Crippen LogP contribution in [0.4, 0.5) is 0 Å². The van der Waals surface area contributed by atoms with Gasteiger partial charge in [0, 0.05) is 12.3 Å². The predicted octanol–water partition coefficient (Wildman–Crippen LogP) is 2.34. The number of carbonyl (C=O) groups excluding carboxylic acids is 1. The molecule has 0 aromatic heterocycles. The summed E-state index contributed by atoms with van der Waals surface area (Å²) in [6, 6.07) is 9.27. The number of hydrogen-bond acceptors (Lipinski definition) is 2. The zero-order valence-electron chi connectivity index (χ0n) is 8.60. The first-order valence-electron chi connectivity index (χ1n) is 4.87. The molecule has 0 amide bonds. The van der Waals surface area contributed by atoms with Crippen molar-refractivity contribution in [3.63, 3.8) is 0 Å². The molecule has 0 saturated heterocycles. The molecule has 2 nitrogen and oxygen atoms in total. The molecule has 1 N–H and O–H groups in total. The maximum atomic E-state index is 11.4. The number of hydrogen-bond donors (Lipinski definition) is 1. The highest BCUT2D eigenvalue weighted by atomic mass is 16.3. The fourth-order valence-corrected chi connectivity index (χ4v) is 1.22. The van der Waals surface area contributed by atoms with Gasteiger partial charge in [-0.2, -0.15) is 0 Å². The van der Waals surface area contributed by atoms with Crippen LogP contribution in [0.25, 0.3) is 0 Å². The smallest absolute Gasteiger partial charge is 0.138 e. The van der Waals surface area contributed by atoms with Crippen molar-refractivity contribution in [3.05, 3.63) is 35.9 Å². The fourth-order valence-electron chi connectivity index (χ4n) is 1.22. The number of aliphatic hydroxyl groups is 1. The average Bonchev–Trinajstić information content (AvgIpc) is 2.19. The summed E-state index contributed by atoms with van der Waals surface area (Å²) in [7, 11) is 0. The van der Waals surface area contributed by atoms with Gasteiger partial charge < -0.3 is 5.11 Å². The molecule has 0 radical (unpaired) electrons. The SMILES string of the molecule is CC(C)C(=O)C[C@H](O)c1ccccc1. The van der Waals surface area contributed by atoms with E-state index in [1.807, 2.05) is 44.2 Å². The molecule has 0 aliphatic heterocycles. The van der Waals surface area contributed by atoms with Crippen molar-refractivity contribution in [2.24, 2.45) is 5.92 Å². The van der Waals surface area contributed by atoms with Gasteiger partial charge >= 0.3 is 0 Å². The summed E-state index contributed by atoms with van der Waals surface area (Å²) < 4.78 is 0. The maximum Gasteiger partial charge on any atom is 0.138 e. The zero-order valence-corrected chi connectivity index (χ0v) is 8.60. The molecule has 1 aromatic rings. The van der Waals surface area contributed by atoms with E-state index >= 15 is 0 Å². The second-order valence-electron chi connectivity index (χ2n) is 3.75. The van der Waals surface area contributed by atoms with Crippen LogP contribution in [0.15, 0.2) is 30.3 Å². The van der Waals surface area contributed by atoms with Gasteiger partial charge in [-0.15, -0.1) is 0 Å². The molecule has 1 rings (SSSR count). The molecule has 0 heterocycles. The average molecular weight is 192 g/mol. The summed E-state index contributed by atoms with van der Waals surface area (Å²) in [5, 5.41) is 9.72. The predicted molar refractivity (Wildman–Crippen MR) is 55.9 cm³/mol. The lowest BCUT2D eigenvalue weighted by atomic mass is 9.99. The zero-order chi connectivity index (χ0) is 10.6. The first kappa shape index (κ1) is 10.9. The van der Waals surface area contributed by atoms with E-state index in [9.17, 15) is 9.90 Å². The second-order valence-corrected chi connectivity index (χ2v) is 3.75. The molecule has 1 aromatic carbocycles. The Morgan fingerprint density at radius 1 is 1.29 bits per heavy atom. The monoisotopic (exact) mass is 192 g/mol. The highest BCUT2D eigenvalue weighted by Gasteiger charge is 2.14. The Kier molecular flexibility index (Phi) is 3.84. The summed E-state index contributed by atoms with van der Waals surface area (Å²) in [6.07, 6.45) is -0.451. The van der Waals surface area contributed by atoms with Gasteiger partial charge in [0.15, 0.2) is 0 Å². The van der Waals surface area contributed by atoms with Crippen LogP contribution in [0.1, 0.15) is 31.9 Å². The summed E-state index contributed by atoms with van der Waals surface area (Å²) in [5.74, 6) is 0.0923. The van der Waals surface area contributed by atoms with E-state index in [0.29, 0.717) is 0 Å². The minimum Gasteiger partial charge on any atom is -0.388 e. The first-order valence-corrected chi connectivity index (χ1v) is 4.87. The molecule has 0 aliphatic carbocycles. The fraction of sp³-hybridized carbons (Fsp3) is 0.417. The van der Waals surface area contributed by atoms with E-state index < -0.39 is 6.10 Å². The third-order valence-electron chi connectivity index (χ3n) is 2.22. The molecular weight excluding hydrogens is 176 g/mol. The van der Waals surface area contributed by atoms with Crippen LogP contribution in [-0.4, -0.2) is 10.9 Å². The second kappa shape index (κ2) is 4.91. The van der Waals surface area contributed by atoms with Gasteiger partial charge in [0.25, 0.3) is 0 Å². The molecule has 0 aliphatic rings. The lowest BCUT2D eigenvalue weighted by molar-refractivity contribution is -0.123. The van der Waals surface area contributed by atoms with Crippen LogP contribution >= 0.6 is 0 Å². The van der Waals surface area contributed by atoms with Gasteiger partial charge in [-0.3, -0.25) is 4.79 Å². The molecule has 0 spiro atoms. The van der Waals surface area contributed by atoms with Crippen molar-refractivity contribution in [3.8, 4) is 0 Å².